The molecule has 3 aromatic rings. The number of benzene rings is 3. The van der Waals surface area contributed by atoms with E-state index in [1.807, 2.05) is 43.3 Å². The van der Waals surface area contributed by atoms with Gasteiger partial charge in [0.15, 0.2) is 6.61 Å². The summed E-state index contributed by atoms with van der Waals surface area (Å²) in [5.41, 5.74) is 1.47. The van der Waals surface area contributed by atoms with Crippen molar-refractivity contribution in [3.63, 3.8) is 0 Å². The smallest absolute Gasteiger partial charge is 0.338 e. The van der Waals surface area contributed by atoms with Crippen LogP contribution in [0.3, 0.4) is 0 Å². The van der Waals surface area contributed by atoms with Gasteiger partial charge in [-0.15, -0.1) is 0 Å². The summed E-state index contributed by atoms with van der Waals surface area (Å²) in [4.78, 5) is 54.5. The van der Waals surface area contributed by atoms with Crippen molar-refractivity contribution in [2.24, 2.45) is 0 Å². The van der Waals surface area contributed by atoms with Crippen molar-refractivity contribution in [2.45, 2.75) is 32.4 Å². The van der Waals surface area contributed by atoms with Gasteiger partial charge in [0.1, 0.15) is 11.8 Å². The van der Waals surface area contributed by atoms with E-state index in [4.69, 9.17) is 9.47 Å². The van der Waals surface area contributed by atoms with Crippen LogP contribution in [0, 0.1) is 0 Å². The number of ether oxygens (including phenoxy) is 2. The van der Waals surface area contributed by atoms with Gasteiger partial charge in [-0.1, -0.05) is 48.5 Å². The highest BCUT2D eigenvalue weighted by atomic mass is 16.5. The van der Waals surface area contributed by atoms with Gasteiger partial charge in [0.2, 0.25) is 5.91 Å². The van der Waals surface area contributed by atoms with Crippen molar-refractivity contribution >= 4 is 29.4 Å². The van der Waals surface area contributed by atoms with E-state index in [0.29, 0.717) is 17.0 Å². The quantitative estimate of drug-likeness (QED) is 0.324. The van der Waals surface area contributed by atoms with Crippen molar-refractivity contribution < 1.29 is 28.7 Å². The maximum Gasteiger partial charge on any atom is 0.338 e. The number of para-hydroxylation sites is 1. The molecule has 4 rings (SSSR count). The highest BCUT2D eigenvalue weighted by Crippen LogP contribution is 2.31. The van der Waals surface area contributed by atoms with E-state index in [1.54, 1.807) is 31.2 Å². The van der Waals surface area contributed by atoms with Gasteiger partial charge in [-0.05, 0) is 55.8 Å². The van der Waals surface area contributed by atoms with Gasteiger partial charge in [-0.2, -0.15) is 0 Å². The zero-order chi connectivity index (χ0) is 26.4. The summed E-state index contributed by atoms with van der Waals surface area (Å²) < 4.78 is 10.7. The van der Waals surface area contributed by atoms with Crippen molar-refractivity contribution in [1.82, 2.24) is 4.90 Å². The second-order valence-corrected chi connectivity index (χ2v) is 8.54. The third kappa shape index (κ3) is 5.69. The lowest BCUT2D eigenvalue weighted by Crippen LogP contribution is -2.48. The maximum absolute atomic E-state index is 13.6. The van der Waals surface area contributed by atoms with Crippen molar-refractivity contribution in [2.75, 3.05) is 18.1 Å². The Balaban J connectivity index is 1.59. The number of carbonyl (C=O) groups is 4. The fourth-order valence-electron chi connectivity index (χ4n) is 4.35. The van der Waals surface area contributed by atoms with Crippen LogP contribution in [0.4, 0.5) is 5.69 Å². The van der Waals surface area contributed by atoms with Crippen LogP contribution in [0.5, 0.6) is 5.75 Å². The predicted molar refractivity (Wildman–Crippen MR) is 137 cm³/mol. The first kappa shape index (κ1) is 25.6. The first-order chi connectivity index (χ1) is 17.9. The van der Waals surface area contributed by atoms with Gasteiger partial charge in [0.05, 0.1) is 30.3 Å². The van der Waals surface area contributed by atoms with Crippen LogP contribution in [-0.2, 0) is 19.1 Å². The molecule has 3 amide bonds. The molecule has 1 aliphatic heterocycles. The average molecular weight is 501 g/mol. The third-order valence-corrected chi connectivity index (χ3v) is 6.19. The lowest BCUT2D eigenvalue weighted by Gasteiger charge is -2.33. The van der Waals surface area contributed by atoms with E-state index >= 15 is 0 Å². The number of amides is 3. The Morgan fingerprint density at radius 1 is 0.946 bits per heavy atom. The average Bonchev–Trinajstić information content (AvgIpc) is 3.21. The lowest BCUT2D eigenvalue weighted by atomic mass is 10.0. The molecule has 190 valence electrons. The number of imide groups is 1. The summed E-state index contributed by atoms with van der Waals surface area (Å²) in [5, 5.41) is 0. The Labute approximate surface area is 215 Å². The molecule has 0 saturated carbocycles. The molecule has 0 spiro atoms. The number of hydrogen-bond acceptors (Lipinski definition) is 6. The molecular weight excluding hydrogens is 472 g/mol. The molecule has 37 heavy (non-hydrogen) atoms. The van der Waals surface area contributed by atoms with E-state index in [9.17, 15) is 19.2 Å². The summed E-state index contributed by atoms with van der Waals surface area (Å²) in [7, 11) is 0. The Kier molecular flexibility index (Phi) is 7.98. The number of rotatable bonds is 9. The fourth-order valence-corrected chi connectivity index (χ4v) is 4.35. The summed E-state index contributed by atoms with van der Waals surface area (Å²) in [6, 6.07) is 22.8. The monoisotopic (exact) mass is 500 g/mol. The summed E-state index contributed by atoms with van der Waals surface area (Å²) in [6.45, 7) is 3.49. The Bertz CT molecular complexity index is 1260. The third-order valence-electron chi connectivity index (χ3n) is 6.19. The van der Waals surface area contributed by atoms with Crippen molar-refractivity contribution in [3.05, 3.63) is 96.1 Å². The second-order valence-electron chi connectivity index (χ2n) is 8.54. The molecule has 0 N–H and O–H groups in total. The minimum absolute atomic E-state index is 0.160. The first-order valence-electron chi connectivity index (χ1n) is 12.1. The molecule has 1 saturated heterocycles. The topological polar surface area (TPSA) is 93.2 Å². The molecule has 1 fully saturated rings. The van der Waals surface area contributed by atoms with Gasteiger partial charge in [0.25, 0.3) is 11.8 Å². The number of carbonyl (C=O) groups excluding carboxylic acids is 4. The van der Waals surface area contributed by atoms with Crippen LogP contribution in [0.1, 0.15) is 42.2 Å². The van der Waals surface area contributed by atoms with Crippen LogP contribution >= 0.6 is 0 Å². The molecular formula is C29H28N2O6. The van der Waals surface area contributed by atoms with Crippen LogP contribution in [-0.4, -0.2) is 47.8 Å². The number of esters is 1. The molecule has 0 bridgehead atoms. The molecule has 2 atom stereocenters. The van der Waals surface area contributed by atoms with E-state index in [2.05, 4.69) is 0 Å². The molecule has 0 radical (unpaired) electrons. The van der Waals surface area contributed by atoms with Gasteiger partial charge in [-0.3, -0.25) is 14.4 Å². The summed E-state index contributed by atoms with van der Waals surface area (Å²) in [5.74, 6) is -1.31. The molecule has 3 aromatic carbocycles. The second kappa shape index (κ2) is 11.5. The van der Waals surface area contributed by atoms with Crippen molar-refractivity contribution in [3.8, 4) is 5.75 Å². The van der Waals surface area contributed by atoms with E-state index in [1.165, 1.54) is 29.2 Å². The molecule has 0 aromatic heterocycles. The lowest BCUT2D eigenvalue weighted by molar-refractivity contribution is -0.142. The summed E-state index contributed by atoms with van der Waals surface area (Å²) >= 11 is 0. The SMILES string of the molecule is CCOC(=O)c1ccc(N2C(=O)CC(N(C(=O)COc3ccccc3)C(C)c3ccccc3)C2=O)cc1. The van der Waals surface area contributed by atoms with Crippen LogP contribution in [0.2, 0.25) is 0 Å². The number of nitrogens with zero attached hydrogens (tertiary/aromatic N) is 2. The highest BCUT2D eigenvalue weighted by molar-refractivity contribution is 6.23. The van der Waals surface area contributed by atoms with Crippen LogP contribution in [0.25, 0.3) is 0 Å². The minimum Gasteiger partial charge on any atom is -0.484 e. The maximum atomic E-state index is 13.6. The molecule has 1 heterocycles. The zero-order valence-electron chi connectivity index (χ0n) is 20.7. The van der Waals surface area contributed by atoms with Crippen LogP contribution < -0.4 is 9.64 Å². The van der Waals surface area contributed by atoms with Crippen LogP contribution in [0.15, 0.2) is 84.9 Å². The van der Waals surface area contributed by atoms with E-state index in [0.717, 1.165) is 10.5 Å². The fraction of sp³-hybridized carbons (Fsp3) is 0.241. The molecule has 8 heteroatoms. The van der Waals surface area contributed by atoms with E-state index in [-0.39, 0.29) is 19.6 Å². The number of hydrogen-bond donors (Lipinski definition) is 0. The minimum atomic E-state index is -1.00. The van der Waals surface area contributed by atoms with Gasteiger partial charge in [0, 0.05) is 0 Å². The van der Waals surface area contributed by atoms with Gasteiger partial charge < -0.3 is 14.4 Å². The standard InChI is InChI=1S/C29H28N2O6/c1-3-36-29(35)22-14-16-23(17-15-22)31-26(32)18-25(28(31)34)30(20(2)21-10-6-4-7-11-21)27(33)19-37-24-12-8-5-9-13-24/h4-17,20,25H,3,18-19H2,1-2H3. The zero-order valence-corrected chi connectivity index (χ0v) is 20.7. The predicted octanol–water partition coefficient (Wildman–Crippen LogP) is 4.16. The van der Waals surface area contributed by atoms with Gasteiger partial charge in [-0.25, -0.2) is 9.69 Å². The first-order valence-corrected chi connectivity index (χ1v) is 12.1. The normalized spacial score (nSPS) is 15.8. The molecule has 1 aliphatic rings. The Hall–Kier alpha value is -4.46. The number of anilines is 1. The Morgan fingerprint density at radius 2 is 1.57 bits per heavy atom. The van der Waals surface area contributed by atoms with Crippen molar-refractivity contribution in [1.29, 1.82) is 0 Å². The Morgan fingerprint density at radius 3 is 2.19 bits per heavy atom. The van der Waals surface area contributed by atoms with E-state index < -0.39 is 35.8 Å². The highest BCUT2D eigenvalue weighted by Gasteiger charge is 2.46. The molecule has 8 nitrogen and oxygen atoms in total. The molecule has 2 unspecified atom stereocenters. The largest absolute Gasteiger partial charge is 0.484 e. The van der Waals surface area contributed by atoms with Gasteiger partial charge >= 0.3 is 5.97 Å². The molecule has 0 aliphatic carbocycles. The summed E-state index contributed by atoms with van der Waals surface area (Å²) in [6.07, 6.45) is -0.160.